The minimum absolute atomic E-state index is 0.230. The van der Waals surface area contributed by atoms with Crippen molar-refractivity contribution in [3.63, 3.8) is 0 Å². The summed E-state index contributed by atoms with van der Waals surface area (Å²) in [5.41, 5.74) is 3.37. The van der Waals surface area contributed by atoms with Crippen LogP contribution in [0.25, 0.3) is 28.5 Å². The van der Waals surface area contributed by atoms with E-state index in [-0.39, 0.29) is 18.3 Å². The van der Waals surface area contributed by atoms with Crippen LogP contribution in [0.1, 0.15) is 97.5 Å². The van der Waals surface area contributed by atoms with Crippen molar-refractivity contribution in [3.05, 3.63) is 53.7 Å². The first-order chi connectivity index (χ1) is 27.0. The van der Waals surface area contributed by atoms with Gasteiger partial charge in [0.25, 0.3) is 12.0 Å². The molecule has 0 aromatic carbocycles. The highest BCUT2D eigenvalue weighted by Crippen LogP contribution is 2.37. The molecule has 12 nitrogen and oxygen atoms in total. The first kappa shape index (κ1) is 40.9. The molecule has 14 heteroatoms. The van der Waals surface area contributed by atoms with Crippen molar-refractivity contribution in [2.75, 3.05) is 62.2 Å². The third-order valence-electron chi connectivity index (χ3n) is 12.4. The van der Waals surface area contributed by atoms with Gasteiger partial charge in [-0.3, -0.25) is 0 Å². The second-order valence-electron chi connectivity index (χ2n) is 16.8. The molecule has 302 valence electrons. The third-order valence-corrected chi connectivity index (χ3v) is 12.9. The zero-order valence-corrected chi connectivity index (χ0v) is 35.5. The number of halogens is 1. The van der Waals surface area contributed by atoms with E-state index in [9.17, 15) is 0 Å². The van der Waals surface area contributed by atoms with E-state index in [1.165, 1.54) is 90.4 Å². The maximum Gasteiger partial charge on any atom is 0.486 e. The number of nitrogens with zero attached hydrogens (tertiary/aromatic N) is 8. The number of hydrogen-bond acceptors (Lipinski definition) is 12. The molecule has 4 aromatic heterocycles. The molecule has 0 atom stereocenters. The molecule has 0 unspecified atom stereocenters. The molecule has 0 aliphatic carbocycles. The van der Waals surface area contributed by atoms with Gasteiger partial charge in [0.2, 0.25) is 11.3 Å². The lowest BCUT2D eigenvalue weighted by Gasteiger charge is -2.39. The predicted molar refractivity (Wildman–Crippen MR) is 229 cm³/mol. The largest absolute Gasteiger partial charge is 0.486 e. The van der Waals surface area contributed by atoms with E-state index < -0.39 is 0 Å². The van der Waals surface area contributed by atoms with Crippen LogP contribution < -0.4 is 9.80 Å². The Hall–Kier alpha value is -3.30. The lowest BCUT2D eigenvalue weighted by Crippen LogP contribution is -2.46. The smallest absolute Gasteiger partial charge is 0.422 e. The fourth-order valence-corrected chi connectivity index (χ4v) is 8.70. The Morgan fingerprint density at radius 1 is 0.661 bits per heavy atom. The van der Waals surface area contributed by atoms with Crippen LogP contribution in [0.15, 0.2) is 57.0 Å². The van der Waals surface area contributed by atoms with E-state index in [1.807, 2.05) is 39.8 Å². The van der Waals surface area contributed by atoms with E-state index in [2.05, 4.69) is 68.6 Å². The maximum absolute atomic E-state index is 5.92. The van der Waals surface area contributed by atoms with Gasteiger partial charge in [-0.1, -0.05) is 31.5 Å². The van der Waals surface area contributed by atoms with E-state index in [4.69, 9.17) is 18.1 Å². The molecule has 5 aliphatic rings. The Morgan fingerprint density at radius 2 is 1.11 bits per heavy atom. The maximum atomic E-state index is 5.92. The van der Waals surface area contributed by atoms with E-state index >= 15 is 0 Å². The van der Waals surface area contributed by atoms with Gasteiger partial charge in [-0.05, 0) is 133 Å². The highest BCUT2D eigenvalue weighted by molar-refractivity contribution is 9.10. The number of aromatic nitrogens is 4. The van der Waals surface area contributed by atoms with Gasteiger partial charge in [-0.2, -0.15) is 9.97 Å². The van der Waals surface area contributed by atoms with E-state index in [0.717, 1.165) is 65.5 Å². The number of pyridine rings is 2. The Kier molecular flexibility index (Phi) is 13.2. The zero-order valence-electron chi connectivity index (χ0n) is 33.9. The molecule has 0 N–H and O–H groups in total. The minimum Gasteiger partial charge on any atom is -0.422 e. The molecule has 0 bridgehead atoms. The average molecular weight is 832 g/mol. The van der Waals surface area contributed by atoms with Crippen molar-refractivity contribution in [2.45, 2.75) is 115 Å². The van der Waals surface area contributed by atoms with Crippen LogP contribution in [0.2, 0.25) is 0 Å². The quantitative estimate of drug-likeness (QED) is 0.174. The minimum atomic E-state index is -0.250. The van der Waals surface area contributed by atoms with Crippen molar-refractivity contribution < 1.29 is 18.1 Å². The van der Waals surface area contributed by atoms with Crippen molar-refractivity contribution in [1.29, 1.82) is 0 Å². The normalized spacial score (nSPS) is 22.4. The summed E-state index contributed by atoms with van der Waals surface area (Å²) >= 11 is 3.42. The number of rotatable bonds is 6. The van der Waals surface area contributed by atoms with Crippen LogP contribution in [0.3, 0.4) is 0 Å². The van der Waals surface area contributed by atoms with E-state index in [0.29, 0.717) is 17.3 Å². The summed E-state index contributed by atoms with van der Waals surface area (Å²) in [6, 6.07) is 6.80. The van der Waals surface area contributed by atoms with Gasteiger partial charge < -0.3 is 37.7 Å². The second-order valence-corrected chi connectivity index (χ2v) is 17.7. The van der Waals surface area contributed by atoms with Gasteiger partial charge in [0.05, 0.1) is 11.2 Å². The van der Waals surface area contributed by atoms with Gasteiger partial charge in [0, 0.05) is 61.2 Å². The molecule has 5 aliphatic heterocycles. The number of hydrogen-bond donors (Lipinski definition) is 0. The van der Waals surface area contributed by atoms with Crippen molar-refractivity contribution >= 4 is 63.6 Å². The Bertz CT molecular complexity index is 1890. The summed E-state index contributed by atoms with van der Waals surface area (Å²) in [4.78, 5) is 27.6. The monoisotopic (exact) mass is 830 g/mol. The summed E-state index contributed by atoms with van der Waals surface area (Å²) in [5, 5.41) is 0. The predicted octanol–water partition coefficient (Wildman–Crippen LogP) is 8.56. The fraction of sp³-hybridized carbons (Fsp3) is 0.619. The van der Waals surface area contributed by atoms with Crippen LogP contribution in [0, 0.1) is 0 Å². The molecule has 0 saturated carbocycles. The van der Waals surface area contributed by atoms with Crippen LogP contribution in [-0.2, 0) is 9.31 Å². The second kappa shape index (κ2) is 18.1. The molecule has 0 amide bonds. The molecule has 0 spiro atoms. The van der Waals surface area contributed by atoms with Gasteiger partial charge in [-0.15, -0.1) is 6.58 Å². The summed E-state index contributed by atoms with van der Waals surface area (Å²) < 4.78 is 23.9. The molecule has 9 heterocycles. The van der Waals surface area contributed by atoms with Crippen LogP contribution in [-0.4, -0.2) is 112 Å². The molecule has 4 aromatic rings. The van der Waals surface area contributed by atoms with Crippen LogP contribution >= 0.6 is 15.9 Å². The van der Waals surface area contributed by atoms with Crippen molar-refractivity contribution in [1.82, 2.24) is 29.7 Å². The summed E-state index contributed by atoms with van der Waals surface area (Å²) in [7, 11) is -0.250. The van der Waals surface area contributed by atoms with Crippen LogP contribution in [0.5, 0.6) is 0 Å². The van der Waals surface area contributed by atoms with Gasteiger partial charge in [0.15, 0.2) is 11.2 Å². The molecular formula is C42H60BBrN8O4. The summed E-state index contributed by atoms with van der Waals surface area (Å²) in [6.45, 7) is 24.7. The lowest BCUT2D eigenvalue weighted by molar-refractivity contribution is 0.00578. The van der Waals surface area contributed by atoms with Crippen LogP contribution in [0.4, 0.5) is 12.0 Å². The fourth-order valence-electron chi connectivity index (χ4n) is 8.39. The lowest BCUT2D eigenvalue weighted by atomic mass is 9.90. The number of likely N-dealkylation sites (tertiary alicyclic amines) is 2. The molecular weight excluding hydrogens is 771 g/mol. The summed E-state index contributed by atoms with van der Waals surface area (Å²) in [5.74, 6) is 1.68. The highest BCUT2D eigenvalue weighted by Gasteiger charge is 2.49. The zero-order chi connectivity index (χ0) is 39.3. The van der Waals surface area contributed by atoms with Crippen molar-refractivity contribution in [2.24, 2.45) is 0 Å². The molecule has 9 rings (SSSR count). The molecule has 0 radical (unpaired) electrons. The number of piperidine rings is 4. The van der Waals surface area contributed by atoms with Gasteiger partial charge in [0.1, 0.15) is 0 Å². The highest BCUT2D eigenvalue weighted by atomic mass is 79.9. The molecule has 5 fully saturated rings. The molecule has 5 saturated heterocycles. The first-order valence-corrected chi connectivity index (χ1v) is 21.6. The van der Waals surface area contributed by atoms with Gasteiger partial charge >= 0.3 is 7.12 Å². The summed E-state index contributed by atoms with van der Waals surface area (Å²) in [6.07, 6.45) is 18.4. The topological polar surface area (TPSA) is 109 Å². The number of anilines is 2. The van der Waals surface area contributed by atoms with E-state index in [1.54, 1.807) is 24.4 Å². The Morgan fingerprint density at radius 3 is 1.54 bits per heavy atom. The number of fused-ring (bicyclic) bond motifs is 2. The SMILES string of the molecule is Brc1cnc2nc(N3CCC(N4CCCCC4)CC3)oc2c1.C=CB1OC(C)(C)C(C)(C)O1.C=Cc1cnc2nc(N3CCC(N4CCCCC4)CC3)oc2c1. The average Bonchev–Trinajstić information content (AvgIpc) is 3.91. The Labute approximate surface area is 341 Å². The van der Waals surface area contributed by atoms with Gasteiger partial charge in [-0.25, -0.2) is 9.97 Å². The third kappa shape index (κ3) is 9.69. The number of oxazole rings is 2. The Balaban J connectivity index is 0.000000137. The first-order valence-electron chi connectivity index (χ1n) is 20.8. The molecule has 56 heavy (non-hydrogen) atoms. The standard InChI is InChI=1S/C18H24N4O.C16H21BrN4O.C8H15BO2/c1-2-14-12-16-17(19-13-14)20-18(23-16)22-10-6-15(7-11-22)21-8-4-3-5-9-21;17-12-10-14-15(18-11-12)19-16(22-14)21-8-4-13(5-9-21)20-6-2-1-3-7-20;1-6-9-10-7(2,3)8(4,5)11-9/h2,12-13,15H,1,3-11H2;10-11,13H,1-9H2;6H,1H2,2-5H3. The van der Waals surface area contributed by atoms with Crippen molar-refractivity contribution in [3.8, 4) is 0 Å².